The Balaban J connectivity index is 4.09. The fraction of sp³-hybridized carbons (Fsp3) is 0.909. The van der Waals surface area contributed by atoms with E-state index in [1.54, 1.807) is 7.11 Å². The van der Waals surface area contributed by atoms with E-state index >= 15 is 0 Å². The third kappa shape index (κ3) is 5.95. The first-order valence-corrected chi connectivity index (χ1v) is 5.97. The van der Waals surface area contributed by atoms with Crippen LogP contribution in [-0.4, -0.2) is 42.9 Å². The Bertz CT molecular complexity index is 185. The van der Waals surface area contributed by atoms with Gasteiger partial charge in [0.15, 0.2) is 5.11 Å². The summed E-state index contributed by atoms with van der Waals surface area (Å²) in [4.78, 5) is 2.15. The van der Waals surface area contributed by atoms with Gasteiger partial charge in [0.1, 0.15) is 0 Å². The molecule has 0 aromatic carbocycles. The van der Waals surface area contributed by atoms with Gasteiger partial charge in [0.2, 0.25) is 0 Å². The number of ether oxygens (including phenoxy) is 1. The molecule has 0 aliphatic rings. The predicted octanol–water partition coefficient (Wildman–Crippen LogP) is 1.87. The number of thiocarbonyl (C=S) groups is 1. The summed E-state index contributed by atoms with van der Waals surface area (Å²) in [6.07, 6.45) is 0. The predicted molar refractivity (Wildman–Crippen MR) is 69.2 cm³/mol. The lowest BCUT2D eigenvalue weighted by molar-refractivity contribution is 0.137. The van der Waals surface area contributed by atoms with Gasteiger partial charge >= 0.3 is 0 Å². The van der Waals surface area contributed by atoms with Crippen molar-refractivity contribution in [1.29, 1.82) is 0 Å². The number of likely N-dealkylation sites (N-methyl/N-ethyl adjacent to an activating group) is 1. The van der Waals surface area contributed by atoms with Crippen molar-refractivity contribution in [2.75, 3.05) is 26.8 Å². The minimum absolute atomic E-state index is 0.326. The first-order chi connectivity index (χ1) is 7.02. The molecule has 0 heterocycles. The monoisotopic (exact) mass is 232 g/mol. The van der Waals surface area contributed by atoms with E-state index in [1.165, 1.54) is 0 Å². The van der Waals surface area contributed by atoms with Crippen LogP contribution in [0.2, 0.25) is 0 Å². The lowest BCUT2D eigenvalue weighted by Gasteiger charge is -2.30. The molecule has 3 nitrogen and oxygen atoms in total. The molecule has 1 unspecified atom stereocenters. The van der Waals surface area contributed by atoms with Crippen LogP contribution in [0, 0.1) is 5.92 Å². The topological polar surface area (TPSA) is 24.5 Å². The molecule has 0 rings (SSSR count). The van der Waals surface area contributed by atoms with Crippen LogP contribution >= 0.6 is 12.2 Å². The van der Waals surface area contributed by atoms with E-state index in [9.17, 15) is 0 Å². The van der Waals surface area contributed by atoms with Crippen LogP contribution < -0.4 is 5.32 Å². The molecule has 0 amide bonds. The number of hydrogen-bond acceptors (Lipinski definition) is 2. The average molecular weight is 232 g/mol. The highest BCUT2D eigenvalue weighted by atomic mass is 32.1. The third-order valence-corrected chi connectivity index (χ3v) is 2.58. The van der Waals surface area contributed by atoms with Gasteiger partial charge in [0.05, 0.1) is 12.6 Å². The zero-order valence-electron chi connectivity index (χ0n) is 10.5. The maximum atomic E-state index is 5.34. The lowest BCUT2D eigenvalue weighted by atomic mass is 10.2. The van der Waals surface area contributed by atoms with Crippen LogP contribution in [0.15, 0.2) is 0 Å². The summed E-state index contributed by atoms with van der Waals surface area (Å²) in [6, 6.07) is 0.326. The van der Waals surface area contributed by atoms with E-state index in [0.717, 1.165) is 18.2 Å². The summed E-state index contributed by atoms with van der Waals surface area (Å²) in [5, 5.41) is 4.10. The molecule has 0 bridgehead atoms. The van der Waals surface area contributed by atoms with Crippen molar-refractivity contribution in [3.05, 3.63) is 0 Å². The summed E-state index contributed by atoms with van der Waals surface area (Å²) in [6.45, 7) is 11.1. The molecule has 90 valence electrons. The second-order valence-corrected chi connectivity index (χ2v) is 4.56. The molecular formula is C11H24N2OS. The Hall–Kier alpha value is -0.350. The Morgan fingerprint density at radius 1 is 1.40 bits per heavy atom. The van der Waals surface area contributed by atoms with Gasteiger partial charge in [-0.3, -0.25) is 0 Å². The number of hydrogen-bond donors (Lipinski definition) is 1. The molecule has 0 aliphatic carbocycles. The maximum Gasteiger partial charge on any atom is 0.169 e. The molecule has 0 saturated heterocycles. The molecular weight excluding hydrogens is 208 g/mol. The quantitative estimate of drug-likeness (QED) is 0.707. The number of rotatable bonds is 6. The van der Waals surface area contributed by atoms with Crippen LogP contribution in [0.1, 0.15) is 27.7 Å². The molecule has 15 heavy (non-hydrogen) atoms. The van der Waals surface area contributed by atoms with Crippen LogP contribution in [0.5, 0.6) is 0 Å². The minimum Gasteiger partial charge on any atom is -0.383 e. The fourth-order valence-electron chi connectivity index (χ4n) is 1.38. The molecule has 0 spiro atoms. The standard InChI is InChI=1S/C11H24N2OS/c1-6-13(10(4)8-14-5)11(15)12-7-9(2)3/h9-10H,6-8H2,1-5H3,(H,12,15). The molecule has 0 aliphatic heterocycles. The zero-order valence-corrected chi connectivity index (χ0v) is 11.4. The SMILES string of the molecule is CCN(C(=S)NCC(C)C)C(C)COC. The van der Waals surface area contributed by atoms with Gasteiger partial charge in [-0.1, -0.05) is 13.8 Å². The fourth-order valence-corrected chi connectivity index (χ4v) is 1.77. The van der Waals surface area contributed by atoms with Gasteiger partial charge in [-0.2, -0.15) is 0 Å². The van der Waals surface area contributed by atoms with Crippen molar-refractivity contribution in [2.24, 2.45) is 5.92 Å². The Kier molecular flexibility index (Phi) is 7.70. The summed E-state index contributed by atoms with van der Waals surface area (Å²) < 4.78 is 5.13. The number of nitrogens with zero attached hydrogens (tertiary/aromatic N) is 1. The molecule has 4 heteroatoms. The molecule has 0 aromatic rings. The highest BCUT2D eigenvalue weighted by Crippen LogP contribution is 2.01. The molecule has 0 fully saturated rings. The van der Waals surface area contributed by atoms with Crippen LogP contribution in [-0.2, 0) is 4.74 Å². The largest absolute Gasteiger partial charge is 0.383 e. The third-order valence-electron chi connectivity index (χ3n) is 2.20. The summed E-state index contributed by atoms with van der Waals surface area (Å²) >= 11 is 5.34. The molecule has 0 aromatic heterocycles. The van der Waals surface area contributed by atoms with Crippen molar-refractivity contribution in [3.63, 3.8) is 0 Å². The van der Waals surface area contributed by atoms with Crippen LogP contribution in [0.25, 0.3) is 0 Å². The highest BCUT2D eigenvalue weighted by molar-refractivity contribution is 7.80. The van der Waals surface area contributed by atoms with Crippen molar-refractivity contribution >= 4 is 17.3 Å². The van der Waals surface area contributed by atoms with Crippen molar-refractivity contribution in [1.82, 2.24) is 10.2 Å². The van der Waals surface area contributed by atoms with Gasteiger partial charge in [-0.05, 0) is 32.0 Å². The zero-order chi connectivity index (χ0) is 11.8. The smallest absolute Gasteiger partial charge is 0.169 e. The van der Waals surface area contributed by atoms with E-state index < -0.39 is 0 Å². The molecule has 0 saturated carbocycles. The maximum absolute atomic E-state index is 5.34. The second-order valence-electron chi connectivity index (χ2n) is 4.17. The Morgan fingerprint density at radius 2 is 2.00 bits per heavy atom. The van der Waals surface area contributed by atoms with Gasteiger partial charge < -0.3 is 15.0 Å². The number of nitrogens with one attached hydrogen (secondary N) is 1. The van der Waals surface area contributed by atoms with Gasteiger partial charge in [-0.25, -0.2) is 0 Å². The van der Waals surface area contributed by atoms with E-state index in [0.29, 0.717) is 18.6 Å². The minimum atomic E-state index is 0.326. The van der Waals surface area contributed by atoms with E-state index in [4.69, 9.17) is 17.0 Å². The second kappa shape index (κ2) is 7.88. The molecule has 0 radical (unpaired) electrons. The first kappa shape index (κ1) is 14.6. The van der Waals surface area contributed by atoms with Crippen LogP contribution in [0.4, 0.5) is 0 Å². The van der Waals surface area contributed by atoms with E-state index in [2.05, 4.69) is 37.9 Å². The Labute approximate surface area is 99.2 Å². The van der Waals surface area contributed by atoms with Gasteiger partial charge in [-0.15, -0.1) is 0 Å². The van der Waals surface area contributed by atoms with Gasteiger partial charge in [0, 0.05) is 20.2 Å². The number of methoxy groups -OCH3 is 1. The van der Waals surface area contributed by atoms with Crippen LogP contribution in [0.3, 0.4) is 0 Å². The van der Waals surface area contributed by atoms with Gasteiger partial charge in [0.25, 0.3) is 0 Å². The van der Waals surface area contributed by atoms with Crippen molar-refractivity contribution in [3.8, 4) is 0 Å². The summed E-state index contributed by atoms with van der Waals surface area (Å²) in [5.41, 5.74) is 0. The van der Waals surface area contributed by atoms with Crippen molar-refractivity contribution in [2.45, 2.75) is 33.7 Å². The normalized spacial score (nSPS) is 12.7. The molecule has 1 N–H and O–H groups in total. The van der Waals surface area contributed by atoms with Crippen molar-refractivity contribution < 1.29 is 4.74 Å². The summed E-state index contributed by atoms with van der Waals surface area (Å²) in [7, 11) is 1.72. The van der Waals surface area contributed by atoms with E-state index in [1.807, 2.05) is 0 Å². The Morgan fingerprint density at radius 3 is 2.40 bits per heavy atom. The average Bonchev–Trinajstić information content (AvgIpc) is 2.16. The highest BCUT2D eigenvalue weighted by Gasteiger charge is 2.14. The summed E-state index contributed by atoms with van der Waals surface area (Å²) in [5.74, 6) is 0.611. The molecule has 1 atom stereocenters. The lowest BCUT2D eigenvalue weighted by Crippen LogP contribution is -2.47. The first-order valence-electron chi connectivity index (χ1n) is 5.56. The van der Waals surface area contributed by atoms with E-state index in [-0.39, 0.29) is 0 Å².